The summed E-state index contributed by atoms with van der Waals surface area (Å²) in [6.45, 7) is 0.774. The molecular formula is C26H23N3O5S. The summed E-state index contributed by atoms with van der Waals surface area (Å²) in [4.78, 5) is 18.2. The molecule has 0 amide bonds. The maximum absolute atomic E-state index is 13.4. The molecule has 0 saturated carbocycles. The molecule has 0 bridgehead atoms. The highest BCUT2D eigenvalue weighted by molar-refractivity contribution is 7.71. The molecule has 1 unspecified atom stereocenters. The molecule has 8 nitrogen and oxygen atoms in total. The molecule has 0 aliphatic carbocycles. The second-order valence-corrected chi connectivity index (χ2v) is 9.07. The topological polar surface area (TPSA) is 89.0 Å². The summed E-state index contributed by atoms with van der Waals surface area (Å²) < 4.78 is 18.7. The number of H-pyrrole nitrogens is 1. The number of benzene rings is 3. The molecular weight excluding hydrogens is 466 g/mol. The Kier molecular flexibility index (Phi) is 5.05. The van der Waals surface area contributed by atoms with E-state index in [9.17, 15) is 9.90 Å². The Hall–Kier alpha value is -3.82. The monoisotopic (exact) mass is 489 g/mol. The first-order valence-electron chi connectivity index (χ1n) is 11.3. The Labute approximate surface area is 205 Å². The van der Waals surface area contributed by atoms with Gasteiger partial charge in [-0.3, -0.25) is 19.2 Å². The molecule has 0 spiro atoms. The van der Waals surface area contributed by atoms with Crippen molar-refractivity contribution in [3.05, 3.63) is 80.3 Å². The number of ether oxygens (including phenoxy) is 3. The Morgan fingerprint density at radius 2 is 1.94 bits per heavy atom. The summed E-state index contributed by atoms with van der Waals surface area (Å²) in [6, 6.07) is 14.9. The first kappa shape index (κ1) is 21.7. The molecule has 2 aliphatic rings. The Bertz CT molecular complexity index is 1600. The number of nitrogens with zero attached hydrogens (tertiary/aromatic N) is 2. The van der Waals surface area contributed by atoms with Gasteiger partial charge in [-0.2, -0.15) is 0 Å². The number of fused-ring (bicyclic) bond motifs is 3. The van der Waals surface area contributed by atoms with Gasteiger partial charge in [0.25, 0.3) is 5.56 Å². The van der Waals surface area contributed by atoms with Crippen molar-refractivity contribution in [2.24, 2.45) is 0 Å². The van der Waals surface area contributed by atoms with Gasteiger partial charge >= 0.3 is 0 Å². The van der Waals surface area contributed by atoms with Crippen LogP contribution in [0.4, 0.5) is 0 Å². The summed E-state index contributed by atoms with van der Waals surface area (Å²) in [6.07, 6.45) is 0.733. The molecule has 3 aromatic carbocycles. The standard InChI is InChI=1S/C26H23N3O5S/c1-28-11-10-15-12-18-22(34-13-33-18)23(32-2)19(15)21(28)20-24(30)27-26(35)29(25(20)31)17-9-5-7-14-6-3-4-8-16(14)17/h3-9,12,21,31H,10-11,13H2,1-2H3,(H,27,30,35). The van der Waals surface area contributed by atoms with E-state index in [4.69, 9.17) is 26.4 Å². The van der Waals surface area contributed by atoms with Crippen LogP contribution in [0.15, 0.2) is 53.3 Å². The van der Waals surface area contributed by atoms with Gasteiger partial charge in [0.15, 0.2) is 16.3 Å². The zero-order valence-electron chi connectivity index (χ0n) is 19.2. The van der Waals surface area contributed by atoms with Crippen LogP contribution in [0.2, 0.25) is 0 Å². The fraction of sp³-hybridized carbons (Fsp3) is 0.231. The third-order valence-corrected chi connectivity index (χ3v) is 7.08. The fourth-order valence-corrected chi connectivity index (χ4v) is 5.49. The number of nitrogens with one attached hydrogen (secondary N) is 1. The molecule has 35 heavy (non-hydrogen) atoms. The molecule has 0 fully saturated rings. The van der Waals surface area contributed by atoms with Gasteiger partial charge in [0.05, 0.1) is 24.4 Å². The summed E-state index contributed by atoms with van der Waals surface area (Å²) in [7, 11) is 3.48. The van der Waals surface area contributed by atoms with Crippen molar-refractivity contribution in [3.63, 3.8) is 0 Å². The smallest absolute Gasteiger partial charge is 0.260 e. The minimum absolute atomic E-state index is 0.104. The molecule has 0 radical (unpaired) electrons. The van der Waals surface area contributed by atoms with Crippen LogP contribution in [0.5, 0.6) is 23.1 Å². The zero-order valence-corrected chi connectivity index (χ0v) is 20.0. The Morgan fingerprint density at radius 3 is 2.77 bits per heavy atom. The molecule has 1 aromatic heterocycles. The van der Waals surface area contributed by atoms with Crippen LogP contribution in [0.25, 0.3) is 16.5 Å². The lowest BCUT2D eigenvalue weighted by Crippen LogP contribution is -2.37. The predicted molar refractivity (Wildman–Crippen MR) is 134 cm³/mol. The number of aromatic amines is 1. The number of hydrogen-bond donors (Lipinski definition) is 2. The highest BCUT2D eigenvalue weighted by atomic mass is 32.1. The van der Waals surface area contributed by atoms with Crippen molar-refractivity contribution in [2.45, 2.75) is 12.5 Å². The average molecular weight is 490 g/mol. The van der Waals surface area contributed by atoms with Crippen LogP contribution in [-0.4, -0.2) is 47.1 Å². The van der Waals surface area contributed by atoms with Crippen LogP contribution >= 0.6 is 12.2 Å². The number of aromatic nitrogens is 2. The Morgan fingerprint density at radius 1 is 1.14 bits per heavy atom. The van der Waals surface area contributed by atoms with Crippen LogP contribution in [-0.2, 0) is 6.42 Å². The van der Waals surface area contributed by atoms with E-state index in [1.54, 1.807) is 7.11 Å². The lowest BCUT2D eigenvalue weighted by atomic mass is 9.87. The van der Waals surface area contributed by atoms with Gasteiger partial charge in [-0.05, 0) is 48.8 Å². The lowest BCUT2D eigenvalue weighted by Gasteiger charge is -2.36. The zero-order chi connectivity index (χ0) is 24.3. The minimum Gasteiger partial charge on any atom is -0.494 e. The van der Waals surface area contributed by atoms with E-state index in [2.05, 4.69) is 4.98 Å². The molecule has 6 rings (SSSR count). The lowest BCUT2D eigenvalue weighted by molar-refractivity contribution is 0.170. The first-order chi connectivity index (χ1) is 17.0. The SMILES string of the molecule is COc1c2c(cc3c1C(c1c(O)n(-c4cccc5ccccc45)c(=S)[nH]c1=O)N(C)CC3)OCO2. The predicted octanol–water partition coefficient (Wildman–Crippen LogP) is 4.07. The molecule has 1 atom stereocenters. The largest absolute Gasteiger partial charge is 0.494 e. The van der Waals surface area contributed by atoms with E-state index >= 15 is 0 Å². The van der Waals surface area contributed by atoms with Gasteiger partial charge in [0.1, 0.15) is 0 Å². The van der Waals surface area contributed by atoms with E-state index in [0.29, 0.717) is 29.5 Å². The van der Waals surface area contributed by atoms with Gasteiger partial charge in [0, 0.05) is 17.5 Å². The van der Waals surface area contributed by atoms with Crippen LogP contribution in [0.3, 0.4) is 0 Å². The molecule has 9 heteroatoms. The number of rotatable bonds is 3. The minimum atomic E-state index is -0.594. The first-order valence-corrected chi connectivity index (χ1v) is 11.7. The van der Waals surface area contributed by atoms with Gasteiger partial charge in [-0.15, -0.1) is 0 Å². The molecule has 3 heterocycles. The molecule has 0 saturated heterocycles. The number of likely N-dealkylation sites (N-methyl/N-ethyl adjacent to an activating group) is 1. The Balaban J connectivity index is 1.65. The summed E-state index contributed by atoms with van der Waals surface area (Å²) in [5, 5.41) is 13.6. The van der Waals surface area contributed by atoms with E-state index in [1.807, 2.05) is 60.5 Å². The van der Waals surface area contributed by atoms with Crippen molar-refractivity contribution in [1.82, 2.24) is 14.5 Å². The van der Waals surface area contributed by atoms with Gasteiger partial charge < -0.3 is 19.3 Å². The van der Waals surface area contributed by atoms with E-state index in [-0.39, 0.29) is 23.0 Å². The second kappa shape index (κ2) is 8.14. The normalized spacial score (nSPS) is 16.9. The summed E-state index contributed by atoms with van der Waals surface area (Å²) >= 11 is 5.53. The van der Waals surface area contributed by atoms with Gasteiger partial charge in [-0.1, -0.05) is 36.4 Å². The maximum atomic E-state index is 13.4. The van der Waals surface area contributed by atoms with Gasteiger partial charge in [-0.25, -0.2) is 0 Å². The molecule has 2 aliphatic heterocycles. The van der Waals surface area contributed by atoms with E-state index in [1.165, 1.54) is 4.57 Å². The third-order valence-electron chi connectivity index (χ3n) is 6.80. The summed E-state index contributed by atoms with van der Waals surface area (Å²) in [5.41, 5.74) is 2.17. The van der Waals surface area contributed by atoms with Crippen LogP contribution in [0, 0.1) is 4.77 Å². The van der Waals surface area contributed by atoms with E-state index in [0.717, 1.165) is 28.3 Å². The van der Waals surface area contributed by atoms with Gasteiger partial charge in [0.2, 0.25) is 18.4 Å². The second-order valence-electron chi connectivity index (χ2n) is 8.68. The molecule has 2 N–H and O–H groups in total. The van der Waals surface area contributed by atoms with Crippen molar-refractivity contribution >= 4 is 23.0 Å². The average Bonchev–Trinajstić information content (AvgIpc) is 3.32. The van der Waals surface area contributed by atoms with Crippen molar-refractivity contribution in [2.75, 3.05) is 27.5 Å². The van der Waals surface area contributed by atoms with Crippen LogP contribution < -0.4 is 19.8 Å². The third kappa shape index (κ3) is 3.23. The van der Waals surface area contributed by atoms with Crippen molar-refractivity contribution in [1.29, 1.82) is 0 Å². The number of methoxy groups -OCH3 is 1. The summed E-state index contributed by atoms with van der Waals surface area (Å²) in [5.74, 6) is 1.42. The quantitative estimate of drug-likeness (QED) is 0.420. The highest BCUT2D eigenvalue weighted by Crippen LogP contribution is 2.51. The van der Waals surface area contributed by atoms with Crippen LogP contribution in [0.1, 0.15) is 22.7 Å². The maximum Gasteiger partial charge on any atom is 0.260 e. The number of aromatic hydroxyl groups is 1. The molecule has 4 aromatic rings. The van der Waals surface area contributed by atoms with Crippen molar-refractivity contribution in [3.8, 4) is 28.8 Å². The fourth-order valence-electron chi connectivity index (χ4n) is 5.21. The van der Waals surface area contributed by atoms with Crippen molar-refractivity contribution < 1.29 is 19.3 Å². The highest BCUT2D eigenvalue weighted by Gasteiger charge is 2.38. The number of hydrogen-bond acceptors (Lipinski definition) is 7. The molecule has 178 valence electrons. The van der Waals surface area contributed by atoms with E-state index < -0.39 is 11.6 Å².